The number of benzene rings is 2. The molecule has 0 aromatic heterocycles. The lowest BCUT2D eigenvalue weighted by molar-refractivity contribution is -0.131. The van der Waals surface area contributed by atoms with Gasteiger partial charge in [-0.05, 0) is 36.6 Å². The molecule has 1 amide bonds. The van der Waals surface area contributed by atoms with Crippen LogP contribution in [0.25, 0.3) is 0 Å². The monoisotopic (exact) mass is 440 g/mol. The van der Waals surface area contributed by atoms with Crippen LogP contribution in [0.5, 0.6) is 0 Å². The van der Waals surface area contributed by atoms with Crippen molar-refractivity contribution in [1.82, 2.24) is 4.90 Å². The molecule has 1 saturated heterocycles. The van der Waals surface area contributed by atoms with Gasteiger partial charge in [-0.15, -0.1) is 11.6 Å². The van der Waals surface area contributed by atoms with Crippen LogP contribution in [0.15, 0.2) is 71.6 Å². The normalized spacial score (nSPS) is 32.8. The van der Waals surface area contributed by atoms with Crippen LogP contribution in [-0.4, -0.2) is 43.2 Å². The summed E-state index contributed by atoms with van der Waals surface area (Å²) in [7, 11) is -3.82. The highest BCUT2D eigenvalue weighted by molar-refractivity contribution is 7.93. The van der Waals surface area contributed by atoms with E-state index in [-0.39, 0.29) is 22.8 Å². The van der Waals surface area contributed by atoms with Crippen LogP contribution in [0.2, 0.25) is 0 Å². The Labute approximate surface area is 181 Å². The zero-order chi connectivity index (χ0) is 20.7. The number of anilines is 1. The lowest BCUT2D eigenvalue weighted by Crippen LogP contribution is -2.54. The molecule has 2 aliphatic heterocycles. The lowest BCUT2D eigenvalue weighted by atomic mass is 9.81. The topological polar surface area (TPSA) is 57.7 Å². The summed E-state index contributed by atoms with van der Waals surface area (Å²) < 4.78 is 29.3. The molecule has 2 aromatic carbocycles. The molecular formula is C23H21ClN2O3S. The van der Waals surface area contributed by atoms with E-state index in [9.17, 15) is 13.2 Å². The zero-order valence-corrected chi connectivity index (χ0v) is 17.8. The van der Waals surface area contributed by atoms with Crippen molar-refractivity contribution in [2.75, 3.05) is 16.7 Å². The minimum atomic E-state index is -3.82. The van der Waals surface area contributed by atoms with Crippen molar-refractivity contribution >= 4 is 33.2 Å². The molecule has 0 radical (unpaired) electrons. The molecule has 2 heterocycles. The van der Waals surface area contributed by atoms with Gasteiger partial charge in [0.1, 0.15) is 0 Å². The predicted molar refractivity (Wildman–Crippen MR) is 115 cm³/mol. The first-order valence-corrected chi connectivity index (χ1v) is 12.2. The average Bonchev–Trinajstić information content (AvgIpc) is 3.16. The highest BCUT2D eigenvalue weighted by atomic mass is 35.5. The molecule has 154 valence electrons. The molecule has 30 heavy (non-hydrogen) atoms. The number of alkyl halides is 1. The Kier molecular flexibility index (Phi) is 3.62. The maximum absolute atomic E-state index is 13.9. The number of nitrogens with zero attached hydrogens (tertiary/aromatic N) is 2. The van der Waals surface area contributed by atoms with Crippen molar-refractivity contribution < 1.29 is 13.2 Å². The molecule has 0 N–H and O–H groups in total. The van der Waals surface area contributed by atoms with Crippen LogP contribution in [0, 0.1) is 5.92 Å². The smallest absolute Gasteiger partial charge is 0.264 e. The fourth-order valence-electron chi connectivity index (χ4n) is 6.49. The quantitative estimate of drug-likeness (QED) is 0.529. The van der Waals surface area contributed by atoms with E-state index in [1.54, 1.807) is 34.6 Å². The third kappa shape index (κ3) is 1.82. The second-order valence-electron chi connectivity index (χ2n) is 8.48. The molecule has 7 heteroatoms. The third-order valence-corrected chi connectivity index (χ3v) is 9.53. The van der Waals surface area contributed by atoms with Gasteiger partial charge in [0, 0.05) is 12.4 Å². The predicted octanol–water partition coefficient (Wildman–Crippen LogP) is 3.30. The van der Waals surface area contributed by atoms with Gasteiger partial charge >= 0.3 is 0 Å². The minimum Gasteiger partial charge on any atom is -0.335 e. The second kappa shape index (κ2) is 5.89. The van der Waals surface area contributed by atoms with Crippen molar-refractivity contribution in [3.05, 3.63) is 72.3 Å². The van der Waals surface area contributed by atoms with Crippen LogP contribution in [0.4, 0.5) is 5.69 Å². The lowest BCUT2D eigenvalue weighted by Gasteiger charge is -2.39. The summed E-state index contributed by atoms with van der Waals surface area (Å²) in [5.41, 5.74) is 0.423. The van der Waals surface area contributed by atoms with E-state index in [4.69, 9.17) is 11.6 Å². The fourth-order valence-corrected chi connectivity index (χ4v) is 8.50. The van der Waals surface area contributed by atoms with E-state index in [1.807, 2.05) is 29.2 Å². The van der Waals surface area contributed by atoms with Gasteiger partial charge in [-0.3, -0.25) is 9.10 Å². The van der Waals surface area contributed by atoms with Crippen LogP contribution in [0.1, 0.15) is 18.4 Å². The molecule has 4 atom stereocenters. The third-order valence-electron chi connectivity index (χ3n) is 7.39. The first-order valence-electron chi connectivity index (χ1n) is 10.3. The first-order chi connectivity index (χ1) is 14.5. The van der Waals surface area contributed by atoms with Gasteiger partial charge in [-0.1, -0.05) is 48.6 Å². The van der Waals surface area contributed by atoms with Gasteiger partial charge in [-0.25, -0.2) is 8.42 Å². The van der Waals surface area contributed by atoms with Gasteiger partial charge in [0.15, 0.2) is 0 Å². The number of hydrogen-bond acceptors (Lipinski definition) is 3. The first kappa shape index (κ1) is 18.5. The van der Waals surface area contributed by atoms with Crippen LogP contribution < -0.4 is 4.31 Å². The molecule has 1 saturated carbocycles. The molecule has 2 fully saturated rings. The van der Waals surface area contributed by atoms with E-state index in [1.165, 1.54) is 0 Å². The fraction of sp³-hybridized carbons (Fsp3) is 0.348. The summed E-state index contributed by atoms with van der Waals surface area (Å²) in [5, 5.41) is 0. The number of fused-ring (bicyclic) bond motifs is 1. The van der Waals surface area contributed by atoms with E-state index >= 15 is 0 Å². The number of likely N-dealkylation sites (tertiary alicyclic amines) is 1. The Morgan fingerprint density at radius 2 is 1.80 bits per heavy atom. The highest BCUT2D eigenvalue weighted by Gasteiger charge is 2.93. The van der Waals surface area contributed by atoms with Gasteiger partial charge in [0.25, 0.3) is 10.0 Å². The molecule has 2 aliphatic carbocycles. The Morgan fingerprint density at radius 3 is 2.57 bits per heavy atom. The van der Waals surface area contributed by atoms with E-state index in [0.29, 0.717) is 24.5 Å². The average molecular weight is 441 g/mol. The zero-order valence-electron chi connectivity index (χ0n) is 16.2. The molecule has 6 rings (SSSR count). The standard InChI is InChI=1S/C23H21ClN2O3S/c24-14-7-15-25-19-12-6-13-22-20(21(25)27)23(19,22)17-10-4-5-11-18(17)26(22)30(28,29)16-8-2-1-3-9-16/h1-6,8-12,19-20H,7,13-15H2/t19-,20+,22+,23+/m0/s1. The number of rotatable bonds is 5. The van der Waals surface area contributed by atoms with Crippen molar-refractivity contribution in [2.45, 2.75) is 34.7 Å². The summed E-state index contributed by atoms with van der Waals surface area (Å²) in [6.07, 6.45) is 5.43. The summed E-state index contributed by atoms with van der Waals surface area (Å²) in [6.45, 7) is 0.597. The van der Waals surface area contributed by atoms with Crippen LogP contribution >= 0.6 is 11.6 Å². The maximum Gasteiger partial charge on any atom is 0.264 e. The summed E-state index contributed by atoms with van der Waals surface area (Å²) in [6, 6.07) is 16.1. The summed E-state index contributed by atoms with van der Waals surface area (Å²) >= 11 is 5.91. The number of carbonyl (C=O) groups is 1. The van der Waals surface area contributed by atoms with E-state index < -0.39 is 21.0 Å². The van der Waals surface area contributed by atoms with Crippen molar-refractivity contribution in [3.8, 4) is 0 Å². The number of carbonyl (C=O) groups excluding carboxylic acids is 1. The Bertz CT molecular complexity index is 1200. The maximum atomic E-state index is 13.9. The van der Waals surface area contributed by atoms with Crippen LogP contribution in [-0.2, 0) is 20.2 Å². The number of piperidine rings is 1. The number of sulfonamides is 1. The number of hydrogen-bond donors (Lipinski definition) is 0. The Morgan fingerprint density at radius 1 is 1.07 bits per heavy atom. The van der Waals surface area contributed by atoms with Crippen molar-refractivity contribution in [2.24, 2.45) is 5.92 Å². The number of para-hydroxylation sites is 1. The van der Waals surface area contributed by atoms with E-state index in [0.717, 1.165) is 12.0 Å². The van der Waals surface area contributed by atoms with Gasteiger partial charge in [-0.2, -0.15) is 0 Å². The molecular weight excluding hydrogens is 420 g/mol. The summed E-state index contributed by atoms with van der Waals surface area (Å²) in [4.78, 5) is 15.7. The molecule has 5 nitrogen and oxygen atoms in total. The van der Waals surface area contributed by atoms with Gasteiger partial charge < -0.3 is 4.90 Å². The van der Waals surface area contributed by atoms with Gasteiger partial charge in [0.05, 0.1) is 33.5 Å². The Hall–Kier alpha value is -2.31. The molecule has 1 spiro atoms. The van der Waals surface area contributed by atoms with Crippen molar-refractivity contribution in [3.63, 3.8) is 0 Å². The molecule has 4 aliphatic rings. The summed E-state index contributed by atoms with van der Waals surface area (Å²) in [5.74, 6) is 0.194. The minimum absolute atomic E-state index is 0.0530. The largest absolute Gasteiger partial charge is 0.335 e. The Balaban J connectivity index is 1.57. The van der Waals surface area contributed by atoms with E-state index in [2.05, 4.69) is 12.2 Å². The molecule has 0 bridgehead atoms. The SMILES string of the molecule is O=C1[C@H]2[C@]34c5ccccc5N(S(=O)(=O)c5ccccc5)[C@]23CC=C[C@@H]4N1CCCCl. The van der Waals surface area contributed by atoms with Crippen LogP contribution in [0.3, 0.4) is 0 Å². The number of halogens is 1. The van der Waals surface area contributed by atoms with Gasteiger partial charge in [0.2, 0.25) is 5.91 Å². The second-order valence-corrected chi connectivity index (χ2v) is 10.6. The number of amides is 1. The molecule has 2 aromatic rings. The molecule has 0 unspecified atom stereocenters. The highest BCUT2D eigenvalue weighted by Crippen LogP contribution is 2.81. The van der Waals surface area contributed by atoms with Crippen molar-refractivity contribution in [1.29, 1.82) is 0 Å².